The minimum atomic E-state index is -0.216. The van der Waals surface area contributed by atoms with Crippen LogP contribution in [0.4, 0.5) is 4.39 Å². The van der Waals surface area contributed by atoms with Gasteiger partial charge in [0.2, 0.25) is 0 Å². The van der Waals surface area contributed by atoms with Gasteiger partial charge in [0.1, 0.15) is 11.6 Å². The molecule has 3 nitrogen and oxygen atoms in total. The fraction of sp³-hybridized carbons (Fsp3) is 0.300. The van der Waals surface area contributed by atoms with E-state index in [0.717, 1.165) is 35.6 Å². The third-order valence-electron chi connectivity index (χ3n) is 4.89. The van der Waals surface area contributed by atoms with Gasteiger partial charge >= 0.3 is 0 Å². The average molecular weight is 356 g/mol. The maximum atomic E-state index is 13.3. The molecule has 0 unspecified atom stereocenters. The summed E-state index contributed by atoms with van der Waals surface area (Å²) < 4.78 is 15.5. The van der Waals surface area contributed by atoms with Crippen molar-refractivity contribution in [3.63, 3.8) is 0 Å². The summed E-state index contributed by atoms with van der Waals surface area (Å²) >= 11 is 6.01. The van der Waals surface area contributed by atoms with E-state index in [1.165, 1.54) is 12.1 Å². The van der Waals surface area contributed by atoms with Gasteiger partial charge in [-0.1, -0.05) is 23.7 Å². The van der Waals surface area contributed by atoms with Gasteiger partial charge in [-0.15, -0.1) is 10.2 Å². The molecule has 1 aliphatic rings. The lowest BCUT2D eigenvalue weighted by Gasteiger charge is -2.20. The summed E-state index contributed by atoms with van der Waals surface area (Å²) in [6.07, 6.45) is 2.01. The summed E-state index contributed by atoms with van der Waals surface area (Å²) in [5, 5.41) is 9.74. The zero-order chi connectivity index (χ0) is 17.6. The van der Waals surface area contributed by atoms with Gasteiger partial charge in [-0.05, 0) is 68.7 Å². The monoisotopic (exact) mass is 355 g/mol. The average Bonchev–Trinajstić information content (AvgIpc) is 3.27. The Hall–Kier alpha value is -2.20. The Morgan fingerprint density at radius 3 is 2.20 bits per heavy atom. The van der Waals surface area contributed by atoms with E-state index in [9.17, 15) is 4.39 Å². The molecule has 3 aromatic rings. The third-order valence-corrected chi connectivity index (χ3v) is 5.14. The van der Waals surface area contributed by atoms with Crippen molar-refractivity contribution in [1.82, 2.24) is 14.8 Å². The second kappa shape index (κ2) is 5.95. The third kappa shape index (κ3) is 2.74. The summed E-state index contributed by atoms with van der Waals surface area (Å²) in [7, 11) is 0. The highest BCUT2D eigenvalue weighted by Crippen LogP contribution is 2.53. The molecule has 1 heterocycles. The van der Waals surface area contributed by atoms with Gasteiger partial charge in [0.15, 0.2) is 5.82 Å². The van der Waals surface area contributed by atoms with Gasteiger partial charge in [0, 0.05) is 16.6 Å². The maximum Gasteiger partial charge on any atom is 0.164 e. The number of aromatic nitrogens is 3. The zero-order valence-corrected chi connectivity index (χ0v) is 15.0. The van der Waals surface area contributed by atoms with Gasteiger partial charge in [0.05, 0.1) is 5.41 Å². The van der Waals surface area contributed by atoms with Crippen LogP contribution in [0.25, 0.3) is 11.4 Å². The van der Waals surface area contributed by atoms with Crippen LogP contribution in [-0.4, -0.2) is 14.8 Å². The van der Waals surface area contributed by atoms with E-state index in [2.05, 4.69) is 28.6 Å². The molecule has 0 radical (unpaired) electrons. The molecule has 25 heavy (non-hydrogen) atoms. The van der Waals surface area contributed by atoms with Crippen LogP contribution in [0, 0.1) is 5.82 Å². The van der Waals surface area contributed by atoms with Crippen LogP contribution in [0.15, 0.2) is 48.5 Å². The van der Waals surface area contributed by atoms with Crippen molar-refractivity contribution in [3.05, 3.63) is 70.8 Å². The molecule has 1 aromatic heterocycles. The fourth-order valence-electron chi connectivity index (χ4n) is 3.44. The van der Waals surface area contributed by atoms with Crippen LogP contribution in [0.1, 0.15) is 44.1 Å². The van der Waals surface area contributed by atoms with Crippen molar-refractivity contribution in [2.45, 2.75) is 38.1 Å². The van der Waals surface area contributed by atoms with Crippen molar-refractivity contribution < 1.29 is 4.39 Å². The highest BCUT2D eigenvalue weighted by molar-refractivity contribution is 6.30. The standard InChI is InChI=1S/C20H19ClFN3/c1-13(2)25-18(14-3-7-16(21)8-4-14)23-24-19(25)20(11-12-20)15-5-9-17(22)10-6-15/h3-10,13H,11-12H2,1-2H3. The maximum absolute atomic E-state index is 13.3. The molecule has 0 N–H and O–H groups in total. The topological polar surface area (TPSA) is 30.7 Å². The smallest absolute Gasteiger partial charge is 0.164 e. The van der Waals surface area contributed by atoms with Crippen LogP contribution >= 0.6 is 11.6 Å². The van der Waals surface area contributed by atoms with Crippen LogP contribution in [0.3, 0.4) is 0 Å². The lowest BCUT2D eigenvalue weighted by atomic mass is 9.94. The summed E-state index contributed by atoms with van der Waals surface area (Å²) in [5.41, 5.74) is 1.94. The normalized spacial score (nSPS) is 15.6. The van der Waals surface area contributed by atoms with Crippen molar-refractivity contribution in [2.75, 3.05) is 0 Å². The molecule has 0 aliphatic heterocycles. The largest absolute Gasteiger partial charge is 0.308 e. The van der Waals surface area contributed by atoms with Crippen molar-refractivity contribution in [3.8, 4) is 11.4 Å². The molecule has 0 bridgehead atoms. The molecule has 5 heteroatoms. The summed E-state index contributed by atoms with van der Waals surface area (Å²) in [6.45, 7) is 4.26. The molecule has 1 aliphatic carbocycles. The highest BCUT2D eigenvalue weighted by atomic mass is 35.5. The number of halogens is 2. The summed E-state index contributed by atoms with van der Waals surface area (Å²) in [4.78, 5) is 0. The van der Waals surface area contributed by atoms with E-state index in [1.54, 1.807) is 0 Å². The van der Waals surface area contributed by atoms with E-state index in [4.69, 9.17) is 11.6 Å². The van der Waals surface area contributed by atoms with E-state index in [1.807, 2.05) is 36.4 Å². The summed E-state index contributed by atoms with van der Waals surface area (Å²) in [5.74, 6) is 1.58. The Balaban J connectivity index is 1.83. The van der Waals surface area contributed by atoms with Crippen molar-refractivity contribution in [1.29, 1.82) is 0 Å². The Labute approximate surface area is 151 Å². The molecule has 0 atom stereocenters. The second-order valence-electron chi connectivity index (χ2n) is 6.91. The van der Waals surface area contributed by atoms with Crippen LogP contribution in [0.2, 0.25) is 5.02 Å². The first-order chi connectivity index (χ1) is 12.0. The quantitative estimate of drug-likeness (QED) is 0.627. The molecule has 0 saturated heterocycles. The number of hydrogen-bond acceptors (Lipinski definition) is 2. The van der Waals surface area contributed by atoms with E-state index in [0.29, 0.717) is 5.02 Å². The predicted octanol–water partition coefficient (Wildman–Crippen LogP) is 5.40. The van der Waals surface area contributed by atoms with Gasteiger partial charge in [-0.25, -0.2) is 4.39 Å². The molecule has 0 amide bonds. The van der Waals surface area contributed by atoms with Crippen molar-refractivity contribution >= 4 is 11.6 Å². The minimum Gasteiger partial charge on any atom is -0.308 e. The summed E-state index contributed by atoms with van der Waals surface area (Å²) in [6, 6.07) is 14.6. The molecule has 128 valence electrons. The lowest BCUT2D eigenvalue weighted by molar-refractivity contribution is 0.547. The fourth-order valence-corrected chi connectivity index (χ4v) is 3.56. The molecule has 4 rings (SSSR count). The number of rotatable bonds is 4. The number of hydrogen-bond donors (Lipinski definition) is 0. The van der Waals surface area contributed by atoms with Crippen LogP contribution in [-0.2, 0) is 5.41 Å². The number of benzene rings is 2. The Bertz CT molecular complexity index is 894. The van der Waals surface area contributed by atoms with Gasteiger partial charge < -0.3 is 4.57 Å². The Kier molecular flexibility index (Phi) is 3.88. The Morgan fingerprint density at radius 1 is 1.00 bits per heavy atom. The molecule has 2 aromatic carbocycles. The molecule has 0 spiro atoms. The van der Waals surface area contributed by atoms with E-state index >= 15 is 0 Å². The lowest BCUT2D eigenvalue weighted by Crippen LogP contribution is -2.18. The van der Waals surface area contributed by atoms with E-state index < -0.39 is 0 Å². The first-order valence-electron chi connectivity index (χ1n) is 8.49. The molecular weight excluding hydrogens is 337 g/mol. The highest BCUT2D eigenvalue weighted by Gasteiger charge is 2.50. The van der Waals surface area contributed by atoms with Crippen molar-refractivity contribution in [2.24, 2.45) is 0 Å². The molecular formula is C20H19ClFN3. The number of nitrogens with zero attached hydrogens (tertiary/aromatic N) is 3. The molecule has 1 saturated carbocycles. The van der Waals surface area contributed by atoms with Crippen LogP contribution < -0.4 is 0 Å². The van der Waals surface area contributed by atoms with Gasteiger partial charge in [-0.3, -0.25) is 0 Å². The van der Waals surface area contributed by atoms with E-state index in [-0.39, 0.29) is 17.3 Å². The zero-order valence-electron chi connectivity index (χ0n) is 14.2. The minimum absolute atomic E-state index is 0.157. The molecule has 1 fully saturated rings. The Morgan fingerprint density at radius 2 is 1.64 bits per heavy atom. The van der Waals surface area contributed by atoms with Gasteiger partial charge in [-0.2, -0.15) is 0 Å². The van der Waals surface area contributed by atoms with Gasteiger partial charge in [0.25, 0.3) is 0 Å². The van der Waals surface area contributed by atoms with Crippen LogP contribution in [0.5, 0.6) is 0 Å². The SMILES string of the molecule is CC(C)n1c(-c2ccc(Cl)cc2)nnc1C1(c2ccc(F)cc2)CC1. The second-order valence-corrected chi connectivity index (χ2v) is 7.34. The predicted molar refractivity (Wildman–Crippen MR) is 97.3 cm³/mol. The first-order valence-corrected chi connectivity index (χ1v) is 8.86. The first kappa shape index (κ1) is 16.3.